The number of aliphatic hydroxyl groups is 4. The predicted molar refractivity (Wildman–Crippen MR) is 109 cm³/mol. The molecule has 0 amide bonds. The van der Waals surface area contributed by atoms with Gasteiger partial charge in [0, 0.05) is 23.8 Å². The lowest BCUT2D eigenvalue weighted by Crippen LogP contribution is -2.60. The summed E-state index contributed by atoms with van der Waals surface area (Å²) in [6, 6.07) is 5.33. The highest BCUT2D eigenvalue weighted by Crippen LogP contribution is 2.40. The fourth-order valence-corrected chi connectivity index (χ4v) is 3.50. The molecule has 2 aromatic carbocycles. The van der Waals surface area contributed by atoms with Gasteiger partial charge in [-0.15, -0.1) is 0 Å². The molecule has 2 heterocycles. The Morgan fingerprint density at radius 2 is 1.52 bits per heavy atom. The largest absolute Gasteiger partial charge is 0.507 e. The summed E-state index contributed by atoms with van der Waals surface area (Å²) in [5.74, 6) is -2.88. The van der Waals surface area contributed by atoms with E-state index in [1.54, 1.807) is 0 Å². The molecule has 1 aliphatic rings. The zero-order valence-corrected chi connectivity index (χ0v) is 16.7. The molecule has 176 valence electrons. The van der Waals surface area contributed by atoms with Gasteiger partial charge in [0.1, 0.15) is 52.6 Å². The Hall–Kier alpha value is -3.55. The van der Waals surface area contributed by atoms with Gasteiger partial charge >= 0.3 is 0 Å². The molecule has 1 aromatic heterocycles. The van der Waals surface area contributed by atoms with E-state index in [0.717, 1.165) is 24.3 Å². The first kappa shape index (κ1) is 22.6. The minimum atomic E-state index is -1.71. The molecule has 12 nitrogen and oxygen atoms in total. The molecule has 0 saturated carbocycles. The van der Waals surface area contributed by atoms with Gasteiger partial charge in [-0.1, -0.05) is 0 Å². The van der Waals surface area contributed by atoms with Crippen molar-refractivity contribution in [3.8, 4) is 40.1 Å². The zero-order chi connectivity index (χ0) is 24.0. The quantitative estimate of drug-likeness (QED) is 0.229. The van der Waals surface area contributed by atoms with Crippen LogP contribution in [-0.4, -0.2) is 78.2 Å². The number of rotatable bonds is 4. The second kappa shape index (κ2) is 8.42. The Labute approximate surface area is 184 Å². The summed E-state index contributed by atoms with van der Waals surface area (Å²) in [5, 5.41) is 78.2. The van der Waals surface area contributed by atoms with Crippen LogP contribution >= 0.6 is 0 Å². The molecular formula is C21H20O12. The zero-order valence-electron chi connectivity index (χ0n) is 16.7. The van der Waals surface area contributed by atoms with Gasteiger partial charge < -0.3 is 54.7 Å². The molecule has 33 heavy (non-hydrogen) atoms. The normalized spacial score (nSPS) is 25.3. The molecule has 1 saturated heterocycles. The van der Waals surface area contributed by atoms with Crippen molar-refractivity contribution in [1.82, 2.24) is 0 Å². The summed E-state index contributed by atoms with van der Waals surface area (Å²) in [6.45, 7) is -0.668. The van der Waals surface area contributed by atoms with Gasteiger partial charge in [0.2, 0.25) is 6.29 Å². The molecule has 5 atom stereocenters. The first-order valence-corrected chi connectivity index (χ1v) is 9.64. The Morgan fingerprint density at radius 1 is 0.848 bits per heavy atom. The maximum Gasteiger partial charge on any atom is 0.229 e. The average Bonchev–Trinajstić information content (AvgIpc) is 2.76. The summed E-state index contributed by atoms with van der Waals surface area (Å²) >= 11 is 0. The van der Waals surface area contributed by atoms with Crippen molar-refractivity contribution < 1.29 is 54.7 Å². The minimum Gasteiger partial charge on any atom is -0.507 e. The number of hydrogen-bond donors (Lipinski definition) is 8. The molecule has 1 fully saturated rings. The minimum absolute atomic E-state index is 0.0431. The molecule has 0 radical (unpaired) electrons. The number of ether oxygens (including phenoxy) is 2. The third-order valence-electron chi connectivity index (χ3n) is 5.24. The average molecular weight is 464 g/mol. The van der Waals surface area contributed by atoms with Gasteiger partial charge in [-0.25, -0.2) is 0 Å². The van der Waals surface area contributed by atoms with E-state index >= 15 is 0 Å². The van der Waals surface area contributed by atoms with Gasteiger partial charge in [-0.05, 0) is 12.1 Å². The van der Waals surface area contributed by atoms with Crippen LogP contribution in [-0.2, 0) is 4.74 Å². The van der Waals surface area contributed by atoms with Crippen LogP contribution in [0.4, 0.5) is 0 Å². The van der Waals surface area contributed by atoms with Crippen molar-refractivity contribution in [3.05, 3.63) is 40.6 Å². The highest BCUT2D eigenvalue weighted by Gasteiger charge is 2.44. The van der Waals surface area contributed by atoms with E-state index in [4.69, 9.17) is 13.9 Å². The van der Waals surface area contributed by atoms with Crippen LogP contribution in [0.5, 0.6) is 28.7 Å². The summed E-state index contributed by atoms with van der Waals surface area (Å²) < 4.78 is 16.3. The van der Waals surface area contributed by atoms with Crippen molar-refractivity contribution in [3.63, 3.8) is 0 Å². The SMILES string of the molecule is O=c1cc(-c2cc(O)c(O)c(O)c2)oc2cc(OC3OC(CO)C(O)C(O)C3O)cc(O)c12. The number of hydrogen-bond acceptors (Lipinski definition) is 12. The topological polar surface area (TPSA) is 211 Å². The molecular weight excluding hydrogens is 444 g/mol. The van der Waals surface area contributed by atoms with Crippen LogP contribution < -0.4 is 10.2 Å². The smallest absolute Gasteiger partial charge is 0.229 e. The molecule has 0 spiro atoms. The third kappa shape index (κ3) is 4.01. The van der Waals surface area contributed by atoms with Crippen LogP contribution in [0.25, 0.3) is 22.3 Å². The van der Waals surface area contributed by atoms with E-state index < -0.39 is 65.7 Å². The summed E-state index contributed by atoms with van der Waals surface area (Å²) in [7, 11) is 0. The van der Waals surface area contributed by atoms with Crippen molar-refractivity contribution >= 4 is 11.0 Å². The van der Waals surface area contributed by atoms with Gasteiger partial charge in [0.05, 0.1) is 6.61 Å². The monoisotopic (exact) mass is 464 g/mol. The number of phenolic OH excluding ortho intramolecular Hbond substituents is 4. The van der Waals surface area contributed by atoms with Gasteiger partial charge in [-0.2, -0.15) is 0 Å². The molecule has 8 N–H and O–H groups in total. The number of fused-ring (bicyclic) bond motifs is 1. The number of benzene rings is 2. The predicted octanol–water partition coefficient (Wildman–Crippen LogP) is -0.539. The Kier molecular flexibility index (Phi) is 5.78. The van der Waals surface area contributed by atoms with E-state index in [0.29, 0.717) is 0 Å². The van der Waals surface area contributed by atoms with E-state index in [9.17, 15) is 45.6 Å². The number of phenols is 4. The van der Waals surface area contributed by atoms with Crippen molar-refractivity contribution in [2.24, 2.45) is 0 Å². The first-order valence-electron chi connectivity index (χ1n) is 9.64. The highest BCUT2D eigenvalue weighted by atomic mass is 16.7. The lowest BCUT2D eigenvalue weighted by Gasteiger charge is -2.39. The van der Waals surface area contributed by atoms with E-state index in [1.807, 2.05) is 0 Å². The van der Waals surface area contributed by atoms with Crippen LogP contribution in [0, 0.1) is 0 Å². The molecule has 5 unspecified atom stereocenters. The van der Waals surface area contributed by atoms with Gasteiger partial charge in [0.15, 0.2) is 22.7 Å². The second-order valence-corrected chi connectivity index (χ2v) is 7.47. The van der Waals surface area contributed by atoms with E-state index in [1.165, 1.54) is 6.07 Å². The summed E-state index contributed by atoms with van der Waals surface area (Å²) in [4.78, 5) is 12.6. The Morgan fingerprint density at radius 3 is 2.15 bits per heavy atom. The van der Waals surface area contributed by atoms with Crippen LogP contribution in [0.2, 0.25) is 0 Å². The van der Waals surface area contributed by atoms with E-state index in [2.05, 4.69) is 0 Å². The highest BCUT2D eigenvalue weighted by molar-refractivity contribution is 5.86. The first-order chi connectivity index (χ1) is 15.6. The summed E-state index contributed by atoms with van der Waals surface area (Å²) in [5.41, 5.74) is -0.805. The molecule has 12 heteroatoms. The van der Waals surface area contributed by atoms with Crippen molar-refractivity contribution in [1.29, 1.82) is 0 Å². The maximum absolute atomic E-state index is 12.6. The lowest BCUT2D eigenvalue weighted by atomic mass is 9.99. The fourth-order valence-electron chi connectivity index (χ4n) is 3.50. The second-order valence-electron chi connectivity index (χ2n) is 7.47. The standard InChI is InChI=1S/C21H20O12/c22-6-15-18(28)19(29)20(30)21(33-15)31-8-3-9(23)16-10(24)5-13(32-14(16)4-8)7-1-11(25)17(27)12(26)2-7/h1-5,15,18-23,25-30H,6H2. The molecule has 4 rings (SSSR count). The summed E-state index contributed by atoms with van der Waals surface area (Å²) in [6.07, 6.45) is -7.75. The Balaban J connectivity index is 1.74. The number of aromatic hydroxyl groups is 4. The fraction of sp³-hybridized carbons (Fsp3) is 0.286. The Bertz CT molecular complexity index is 1230. The molecule has 1 aliphatic heterocycles. The third-order valence-corrected chi connectivity index (χ3v) is 5.24. The number of aliphatic hydroxyl groups excluding tert-OH is 4. The lowest BCUT2D eigenvalue weighted by molar-refractivity contribution is -0.277. The van der Waals surface area contributed by atoms with Gasteiger partial charge in [-0.3, -0.25) is 4.79 Å². The molecule has 0 bridgehead atoms. The van der Waals surface area contributed by atoms with Crippen LogP contribution in [0.1, 0.15) is 0 Å². The molecule has 0 aliphatic carbocycles. The van der Waals surface area contributed by atoms with Gasteiger partial charge in [0.25, 0.3) is 0 Å². The van der Waals surface area contributed by atoms with Crippen molar-refractivity contribution in [2.75, 3.05) is 6.61 Å². The molecule has 3 aromatic rings. The van der Waals surface area contributed by atoms with E-state index in [-0.39, 0.29) is 28.0 Å². The van der Waals surface area contributed by atoms with Crippen molar-refractivity contribution in [2.45, 2.75) is 30.7 Å². The van der Waals surface area contributed by atoms with Crippen LogP contribution in [0.15, 0.2) is 39.5 Å². The maximum atomic E-state index is 12.6. The van der Waals surface area contributed by atoms with Crippen LogP contribution in [0.3, 0.4) is 0 Å².